The molecule has 2 aliphatic rings. The Labute approximate surface area is 212 Å². The van der Waals surface area contributed by atoms with E-state index in [0.29, 0.717) is 16.9 Å². The number of non-ortho nitro benzene ring substituents is 1. The number of amides is 1. The highest BCUT2D eigenvalue weighted by molar-refractivity contribution is 6.02. The van der Waals surface area contributed by atoms with Crippen LogP contribution in [0, 0.1) is 26.9 Å². The highest BCUT2D eigenvalue weighted by atomic mass is 16.6. The molecule has 0 saturated carbocycles. The first-order chi connectivity index (χ1) is 17.9. The van der Waals surface area contributed by atoms with Crippen LogP contribution in [0.2, 0.25) is 0 Å². The van der Waals surface area contributed by atoms with Crippen molar-refractivity contribution >= 4 is 35.0 Å². The Bertz CT molecular complexity index is 1450. The lowest BCUT2D eigenvalue weighted by molar-refractivity contribution is -0.384. The molecule has 1 amide bonds. The largest absolute Gasteiger partial charge is 0.468 e. The number of anilines is 2. The molecule has 9 nitrogen and oxygen atoms in total. The molecule has 5 rings (SSSR count). The molecular formula is C28H22N4O5. The Kier molecular flexibility index (Phi) is 5.93. The SMILES string of the molecule is COC(=O)[C@]1(C#N)[C@@H](c2ccc([N+](=O)[O-])cc2)[C@@H](C(=O)Nc2ccccc2)N2c3ccccc3C=C[C@@H]21. The van der Waals surface area contributed by atoms with Gasteiger partial charge in [-0.1, -0.05) is 60.7 Å². The molecule has 3 aromatic carbocycles. The second-order valence-corrected chi connectivity index (χ2v) is 8.87. The lowest BCUT2D eigenvalue weighted by atomic mass is 9.68. The van der Waals surface area contributed by atoms with Crippen LogP contribution in [0.4, 0.5) is 17.1 Å². The van der Waals surface area contributed by atoms with Gasteiger partial charge in [-0.3, -0.25) is 19.7 Å². The average Bonchev–Trinajstić information content (AvgIpc) is 3.25. The third-order valence-corrected chi connectivity index (χ3v) is 7.03. The van der Waals surface area contributed by atoms with E-state index in [1.165, 1.54) is 31.4 Å². The summed E-state index contributed by atoms with van der Waals surface area (Å²) in [6.45, 7) is 0. The van der Waals surface area contributed by atoms with Crippen LogP contribution in [-0.4, -0.2) is 36.0 Å². The zero-order valence-corrected chi connectivity index (χ0v) is 19.8. The monoisotopic (exact) mass is 494 g/mol. The quantitative estimate of drug-likeness (QED) is 0.319. The summed E-state index contributed by atoms with van der Waals surface area (Å²) < 4.78 is 5.16. The van der Waals surface area contributed by atoms with Gasteiger partial charge in [-0.25, -0.2) is 0 Å². The van der Waals surface area contributed by atoms with Crippen molar-refractivity contribution in [1.82, 2.24) is 0 Å². The summed E-state index contributed by atoms with van der Waals surface area (Å²) in [7, 11) is 1.20. The average molecular weight is 495 g/mol. The van der Waals surface area contributed by atoms with Crippen molar-refractivity contribution in [1.29, 1.82) is 5.26 Å². The number of nitriles is 1. The Hall–Kier alpha value is -4.97. The molecular weight excluding hydrogens is 472 g/mol. The normalized spacial score (nSPS) is 23.4. The standard InChI is InChI=1S/C28H22N4O5/c1-37-27(34)28(17-29)23-16-13-18-7-5-6-10-22(18)31(23)25(26(33)30-20-8-3-2-4-9-20)24(28)19-11-14-21(15-12-19)32(35)36/h2-16,23-25H,1H3,(H,30,33)/t23-,24+,25+,28+/m1/s1. The van der Waals surface area contributed by atoms with E-state index in [0.717, 1.165) is 5.56 Å². The molecule has 3 aromatic rings. The van der Waals surface area contributed by atoms with E-state index in [-0.39, 0.29) is 5.69 Å². The molecule has 4 atom stereocenters. The number of hydrogen-bond acceptors (Lipinski definition) is 7. The minimum Gasteiger partial charge on any atom is -0.468 e. The number of carbonyl (C=O) groups excluding carboxylic acids is 2. The molecule has 0 spiro atoms. The van der Waals surface area contributed by atoms with Gasteiger partial charge in [0, 0.05) is 29.4 Å². The molecule has 184 valence electrons. The van der Waals surface area contributed by atoms with Gasteiger partial charge in [0.25, 0.3) is 5.69 Å². The van der Waals surface area contributed by atoms with Crippen molar-refractivity contribution in [3.8, 4) is 6.07 Å². The molecule has 9 heteroatoms. The van der Waals surface area contributed by atoms with Crippen LogP contribution in [-0.2, 0) is 14.3 Å². The molecule has 1 N–H and O–H groups in total. The third-order valence-electron chi connectivity index (χ3n) is 7.03. The van der Waals surface area contributed by atoms with Crippen molar-refractivity contribution in [3.05, 3.63) is 106 Å². The maximum atomic E-state index is 14.0. The van der Waals surface area contributed by atoms with E-state index in [2.05, 4.69) is 11.4 Å². The second-order valence-electron chi connectivity index (χ2n) is 8.87. The zero-order chi connectivity index (χ0) is 26.2. The number of rotatable bonds is 5. The number of nitro benzene ring substituents is 1. The molecule has 0 unspecified atom stereocenters. The van der Waals surface area contributed by atoms with Gasteiger partial charge < -0.3 is 15.0 Å². The summed E-state index contributed by atoms with van der Waals surface area (Å²) in [5.41, 5.74) is 0.558. The highest BCUT2D eigenvalue weighted by Gasteiger charge is 2.67. The van der Waals surface area contributed by atoms with Crippen LogP contribution >= 0.6 is 0 Å². The van der Waals surface area contributed by atoms with Crippen molar-refractivity contribution in [2.75, 3.05) is 17.3 Å². The topological polar surface area (TPSA) is 126 Å². The maximum absolute atomic E-state index is 14.0. The Morgan fingerprint density at radius 2 is 1.73 bits per heavy atom. The van der Waals surface area contributed by atoms with E-state index in [9.17, 15) is 25.0 Å². The summed E-state index contributed by atoms with van der Waals surface area (Å²) >= 11 is 0. The third kappa shape index (κ3) is 3.70. The van der Waals surface area contributed by atoms with Gasteiger partial charge in [0.2, 0.25) is 5.91 Å². The van der Waals surface area contributed by atoms with E-state index in [1.54, 1.807) is 35.2 Å². The maximum Gasteiger partial charge on any atom is 0.329 e. The van der Waals surface area contributed by atoms with Gasteiger partial charge in [0.15, 0.2) is 5.41 Å². The lowest BCUT2D eigenvalue weighted by Gasteiger charge is -2.36. The van der Waals surface area contributed by atoms with Crippen LogP contribution in [0.1, 0.15) is 17.0 Å². The van der Waals surface area contributed by atoms with Gasteiger partial charge in [-0.2, -0.15) is 5.26 Å². The van der Waals surface area contributed by atoms with Crippen molar-refractivity contribution < 1.29 is 19.2 Å². The number of fused-ring (bicyclic) bond motifs is 3. The van der Waals surface area contributed by atoms with E-state index in [4.69, 9.17) is 4.74 Å². The van der Waals surface area contributed by atoms with Gasteiger partial charge >= 0.3 is 5.97 Å². The van der Waals surface area contributed by atoms with Gasteiger partial charge in [-0.15, -0.1) is 0 Å². The fourth-order valence-corrected chi connectivity index (χ4v) is 5.45. The summed E-state index contributed by atoms with van der Waals surface area (Å²) in [5.74, 6) is -2.21. The molecule has 0 aromatic heterocycles. The minimum atomic E-state index is -1.81. The molecule has 2 heterocycles. The van der Waals surface area contributed by atoms with Crippen molar-refractivity contribution in [3.63, 3.8) is 0 Å². The number of nitro groups is 1. The fraction of sp³-hybridized carbons (Fsp3) is 0.179. The van der Waals surface area contributed by atoms with Crippen LogP contribution < -0.4 is 10.2 Å². The first-order valence-corrected chi connectivity index (χ1v) is 11.6. The Balaban J connectivity index is 1.74. The first-order valence-electron chi connectivity index (χ1n) is 11.6. The van der Waals surface area contributed by atoms with Crippen LogP contribution in [0.3, 0.4) is 0 Å². The molecule has 0 radical (unpaired) electrons. The first kappa shape index (κ1) is 23.8. The van der Waals surface area contributed by atoms with Gasteiger partial charge in [-0.05, 0) is 29.3 Å². The molecule has 37 heavy (non-hydrogen) atoms. The Morgan fingerprint density at radius 3 is 2.38 bits per heavy atom. The van der Waals surface area contributed by atoms with Crippen LogP contribution in [0.5, 0.6) is 0 Å². The van der Waals surface area contributed by atoms with E-state index in [1.807, 2.05) is 36.4 Å². The van der Waals surface area contributed by atoms with E-state index < -0.39 is 40.2 Å². The lowest BCUT2D eigenvalue weighted by Crippen LogP contribution is -2.47. The predicted molar refractivity (Wildman–Crippen MR) is 137 cm³/mol. The molecule has 0 aliphatic carbocycles. The molecule has 2 aliphatic heterocycles. The molecule has 1 fully saturated rings. The number of hydrogen-bond donors (Lipinski definition) is 1. The fourth-order valence-electron chi connectivity index (χ4n) is 5.45. The minimum absolute atomic E-state index is 0.143. The number of esters is 1. The summed E-state index contributed by atoms with van der Waals surface area (Å²) in [5, 5.41) is 24.8. The smallest absolute Gasteiger partial charge is 0.329 e. The number of nitrogens with one attached hydrogen (secondary N) is 1. The van der Waals surface area contributed by atoms with E-state index >= 15 is 0 Å². The molecule has 0 bridgehead atoms. The van der Waals surface area contributed by atoms with Crippen molar-refractivity contribution in [2.45, 2.75) is 18.0 Å². The van der Waals surface area contributed by atoms with Crippen molar-refractivity contribution in [2.24, 2.45) is 5.41 Å². The second kappa shape index (κ2) is 9.24. The predicted octanol–water partition coefficient (Wildman–Crippen LogP) is 4.28. The number of carbonyl (C=O) groups is 2. The summed E-state index contributed by atoms with van der Waals surface area (Å²) in [4.78, 5) is 40.0. The number of methoxy groups -OCH3 is 1. The Morgan fingerprint density at radius 1 is 1.05 bits per heavy atom. The van der Waals surface area contributed by atoms with Crippen LogP contribution in [0.25, 0.3) is 6.08 Å². The number of ether oxygens (including phenoxy) is 1. The highest BCUT2D eigenvalue weighted by Crippen LogP contribution is 2.56. The summed E-state index contributed by atoms with van der Waals surface area (Å²) in [6, 6.07) is 22.3. The zero-order valence-electron chi connectivity index (χ0n) is 19.8. The number of nitrogens with zero attached hydrogens (tertiary/aromatic N) is 3. The number of benzene rings is 3. The van der Waals surface area contributed by atoms with Gasteiger partial charge in [0.1, 0.15) is 6.04 Å². The summed E-state index contributed by atoms with van der Waals surface area (Å²) in [6.07, 6.45) is 3.58. The molecule has 1 saturated heterocycles. The van der Waals surface area contributed by atoms with Crippen LogP contribution in [0.15, 0.2) is 84.9 Å². The van der Waals surface area contributed by atoms with Gasteiger partial charge in [0.05, 0.1) is 24.1 Å². The number of para-hydroxylation sites is 2.